The van der Waals surface area contributed by atoms with Crippen LogP contribution in [0.5, 0.6) is 0 Å². The molecule has 0 radical (unpaired) electrons. The first-order valence-corrected chi connectivity index (χ1v) is 7.40. The standard InChI is InChI=1S/C13H9BrClNOS/c14-11-6-4-10(5-7-11)9-16-18(17)13-3-1-2-12(15)8-13/h1-9H. The minimum atomic E-state index is -1.43. The lowest BCUT2D eigenvalue weighted by atomic mass is 10.2. The van der Waals surface area contributed by atoms with E-state index in [-0.39, 0.29) is 0 Å². The average Bonchev–Trinajstić information content (AvgIpc) is 2.38. The van der Waals surface area contributed by atoms with Gasteiger partial charge in [-0.1, -0.05) is 50.1 Å². The summed E-state index contributed by atoms with van der Waals surface area (Å²) in [5.74, 6) is 0. The third-order valence-electron chi connectivity index (χ3n) is 2.17. The Labute approximate surface area is 122 Å². The van der Waals surface area contributed by atoms with E-state index in [1.165, 1.54) is 0 Å². The summed E-state index contributed by atoms with van der Waals surface area (Å²) in [6.07, 6.45) is 1.59. The molecule has 0 heterocycles. The fraction of sp³-hybridized carbons (Fsp3) is 0. The second-order valence-electron chi connectivity index (χ2n) is 3.49. The molecule has 2 nitrogen and oxygen atoms in total. The van der Waals surface area contributed by atoms with Crippen LogP contribution in [0.2, 0.25) is 5.02 Å². The van der Waals surface area contributed by atoms with E-state index in [2.05, 4.69) is 20.3 Å². The second kappa shape index (κ2) is 6.38. The van der Waals surface area contributed by atoms with Gasteiger partial charge in [0.25, 0.3) is 0 Å². The number of rotatable bonds is 3. The topological polar surface area (TPSA) is 35.4 Å². The zero-order chi connectivity index (χ0) is 13.0. The van der Waals surface area contributed by atoms with Gasteiger partial charge in [-0.2, -0.15) is 0 Å². The summed E-state index contributed by atoms with van der Waals surface area (Å²) in [5, 5.41) is 0.555. The fourth-order valence-corrected chi connectivity index (χ4v) is 2.58. The highest BCUT2D eigenvalue weighted by atomic mass is 79.9. The van der Waals surface area contributed by atoms with Crippen molar-refractivity contribution in [2.24, 2.45) is 4.40 Å². The highest BCUT2D eigenvalue weighted by molar-refractivity contribution is 9.10. The van der Waals surface area contributed by atoms with Gasteiger partial charge in [0.2, 0.25) is 0 Å². The molecule has 0 aliphatic carbocycles. The maximum absolute atomic E-state index is 11.9. The van der Waals surface area contributed by atoms with Gasteiger partial charge in [0.05, 0.1) is 6.21 Å². The Morgan fingerprint density at radius 1 is 1.17 bits per heavy atom. The smallest absolute Gasteiger partial charge is 0.183 e. The van der Waals surface area contributed by atoms with Gasteiger partial charge in [0, 0.05) is 15.6 Å². The van der Waals surface area contributed by atoms with Crippen molar-refractivity contribution < 1.29 is 4.55 Å². The van der Waals surface area contributed by atoms with Crippen LogP contribution in [-0.2, 0) is 11.4 Å². The summed E-state index contributed by atoms with van der Waals surface area (Å²) < 4.78 is 16.9. The van der Waals surface area contributed by atoms with Crippen molar-refractivity contribution in [3.05, 3.63) is 63.6 Å². The highest BCUT2D eigenvalue weighted by Crippen LogP contribution is 2.17. The van der Waals surface area contributed by atoms with E-state index < -0.39 is 11.4 Å². The molecule has 2 aromatic rings. The summed E-state index contributed by atoms with van der Waals surface area (Å²) in [6, 6.07) is 14.5. The van der Waals surface area contributed by atoms with Crippen LogP contribution in [0.25, 0.3) is 0 Å². The van der Waals surface area contributed by atoms with Gasteiger partial charge in [-0.05, 0) is 29.8 Å². The Hall–Kier alpha value is -0.810. The quantitative estimate of drug-likeness (QED) is 0.607. The predicted octanol–water partition coefficient (Wildman–Crippen LogP) is 4.24. The number of hydrogen-bond acceptors (Lipinski definition) is 2. The molecular weight excluding hydrogens is 334 g/mol. The van der Waals surface area contributed by atoms with Gasteiger partial charge >= 0.3 is 0 Å². The van der Waals surface area contributed by atoms with Gasteiger partial charge in [-0.25, -0.2) is 0 Å². The Bertz CT molecular complexity index is 559. The number of benzene rings is 2. The molecule has 0 spiro atoms. The van der Waals surface area contributed by atoms with Crippen molar-refractivity contribution in [1.82, 2.24) is 0 Å². The molecule has 0 N–H and O–H groups in total. The van der Waals surface area contributed by atoms with Crippen LogP contribution < -0.4 is 0 Å². The van der Waals surface area contributed by atoms with Crippen LogP contribution >= 0.6 is 27.5 Å². The van der Waals surface area contributed by atoms with E-state index in [1.807, 2.05) is 24.3 Å². The molecule has 0 amide bonds. The van der Waals surface area contributed by atoms with Crippen LogP contribution in [-0.4, -0.2) is 10.8 Å². The molecule has 0 aromatic heterocycles. The molecule has 2 aromatic carbocycles. The zero-order valence-electron chi connectivity index (χ0n) is 9.22. The van der Waals surface area contributed by atoms with E-state index in [0.29, 0.717) is 9.92 Å². The summed E-state index contributed by atoms with van der Waals surface area (Å²) in [5.41, 5.74) is 0.897. The van der Waals surface area contributed by atoms with Crippen LogP contribution in [0, 0.1) is 0 Å². The Morgan fingerprint density at radius 3 is 2.56 bits per heavy atom. The molecule has 0 aliphatic heterocycles. The molecule has 0 bridgehead atoms. The summed E-state index contributed by atoms with van der Waals surface area (Å²) >= 11 is 7.76. The summed E-state index contributed by atoms with van der Waals surface area (Å²) in [4.78, 5) is 0.593. The molecule has 92 valence electrons. The van der Waals surface area contributed by atoms with E-state index in [4.69, 9.17) is 11.6 Å². The average molecular weight is 343 g/mol. The molecule has 0 saturated carbocycles. The summed E-state index contributed by atoms with van der Waals surface area (Å²) in [7, 11) is 0. The molecule has 5 heteroatoms. The Kier molecular flexibility index (Phi) is 4.83. The normalized spacial score (nSPS) is 12.8. The maximum Gasteiger partial charge on any atom is 0.183 e. The first kappa shape index (κ1) is 13.6. The van der Waals surface area contributed by atoms with Crippen LogP contribution in [0.15, 0.2) is 62.3 Å². The molecular formula is C13H9BrClNOS. The SMILES string of the molecule is [O-][S+](N=Cc1ccc(Br)cc1)c1cccc(Cl)c1. The molecule has 0 aliphatic rings. The summed E-state index contributed by atoms with van der Waals surface area (Å²) in [6.45, 7) is 0. The largest absolute Gasteiger partial charge is 0.586 e. The molecule has 18 heavy (non-hydrogen) atoms. The zero-order valence-corrected chi connectivity index (χ0v) is 12.4. The van der Waals surface area contributed by atoms with Crippen molar-refractivity contribution in [1.29, 1.82) is 0 Å². The monoisotopic (exact) mass is 341 g/mol. The maximum atomic E-state index is 11.9. The van der Waals surface area contributed by atoms with Gasteiger partial charge in [-0.15, -0.1) is 0 Å². The van der Waals surface area contributed by atoms with Crippen molar-refractivity contribution in [2.45, 2.75) is 4.90 Å². The molecule has 0 fully saturated rings. The van der Waals surface area contributed by atoms with Crippen molar-refractivity contribution in [2.75, 3.05) is 0 Å². The lowest BCUT2D eigenvalue weighted by Crippen LogP contribution is -1.97. The predicted molar refractivity (Wildman–Crippen MR) is 79.6 cm³/mol. The van der Waals surface area contributed by atoms with Crippen LogP contribution in [0.1, 0.15) is 5.56 Å². The minimum Gasteiger partial charge on any atom is -0.586 e. The van der Waals surface area contributed by atoms with E-state index in [9.17, 15) is 4.55 Å². The third kappa shape index (κ3) is 3.85. The first-order valence-electron chi connectivity index (χ1n) is 5.12. The Balaban J connectivity index is 2.11. The van der Waals surface area contributed by atoms with E-state index >= 15 is 0 Å². The minimum absolute atomic E-state index is 0.555. The van der Waals surface area contributed by atoms with Crippen LogP contribution in [0.3, 0.4) is 0 Å². The number of nitrogens with zero attached hydrogens (tertiary/aromatic N) is 1. The third-order valence-corrected chi connectivity index (χ3v) is 3.88. The lowest BCUT2D eigenvalue weighted by Gasteiger charge is -2.02. The fourth-order valence-electron chi connectivity index (χ4n) is 1.29. The number of hydrogen-bond donors (Lipinski definition) is 0. The Morgan fingerprint density at radius 2 is 1.89 bits per heavy atom. The molecule has 1 unspecified atom stereocenters. The van der Waals surface area contributed by atoms with E-state index in [0.717, 1.165) is 10.0 Å². The number of halogens is 2. The molecule has 0 saturated heterocycles. The molecule has 2 rings (SSSR count). The van der Waals surface area contributed by atoms with Gasteiger partial charge < -0.3 is 4.55 Å². The van der Waals surface area contributed by atoms with Gasteiger partial charge in [0.1, 0.15) is 11.4 Å². The van der Waals surface area contributed by atoms with Crippen molar-refractivity contribution in [3.63, 3.8) is 0 Å². The van der Waals surface area contributed by atoms with Crippen molar-refractivity contribution in [3.8, 4) is 0 Å². The lowest BCUT2D eigenvalue weighted by molar-refractivity contribution is 0.597. The van der Waals surface area contributed by atoms with Gasteiger partial charge in [-0.3, -0.25) is 0 Å². The second-order valence-corrected chi connectivity index (χ2v) is 6.03. The van der Waals surface area contributed by atoms with Crippen molar-refractivity contribution >= 4 is 45.1 Å². The first-order chi connectivity index (χ1) is 8.65. The van der Waals surface area contributed by atoms with Crippen LogP contribution in [0.4, 0.5) is 0 Å². The van der Waals surface area contributed by atoms with Gasteiger partial charge in [0.15, 0.2) is 4.90 Å². The molecule has 1 atom stereocenters. The highest BCUT2D eigenvalue weighted by Gasteiger charge is 2.09. The van der Waals surface area contributed by atoms with E-state index in [1.54, 1.807) is 30.5 Å².